The summed E-state index contributed by atoms with van der Waals surface area (Å²) in [7, 11) is 1.30. The fourth-order valence-electron chi connectivity index (χ4n) is 7.25. The lowest BCUT2D eigenvalue weighted by molar-refractivity contribution is -0.870. The number of nitrogens with zero attached hydrogens (tertiary/aromatic N) is 1. The summed E-state index contributed by atoms with van der Waals surface area (Å²) in [6.45, 7) is 4.66. The second-order valence-corrected chi connectivity index (χ2v) is 19.6. The van der Waals surface area contributed by atoms with Crippen LogP contribution in [0.3, 0.4) is 0 Å². The number of phosphoric ester groups is 1. The molecule has 0 bridgehead atoms. The van der Waals surface area contributed by atoms with Gasteiger partial charge in [-0.2, -0.15) is 0 Å². The number of unbranched alkanes of at least 4 members (excludes halogenated alkanes) is 28. The van der Waals surface area contributed by atoms with Gasteiger partial charge in [0, 0.05) is 6.42 Å². The summed E-state index contributed by atoms with van der Waals surface area (Å²) in [5, 5.41) is 13.9. The van der Waals surface area contributed by atoms with Gasteiger partial charge in [-0.3, -0.25) is 9.36 Å². The zero-order chi connectivity index (χ0) is 42.8. The smallest absolute Gasteiger partial charge is 0.268 e. The molecule has 0 rings (SSSR count). The molecule has 0 aromatic rings. The highest BCUT2D eigenvalue weighted by atomic mass is 31.2. The molecule has 0 aliphatic heterocycles. The quantitative estimate of drug-likeness (QED) is 0.0274. The van der Waals surface area contributed by atoms with Crippen molar-refractivity contribution in [3.8, 4) is 0 Å². The van der Waals surface area contributed by atoms with Crippen molar-refractivity contribution in [1.82, 2.24) is 5.32 Å². The van der Waals surface area contributed by atoms with Gasteiger partial charge in [0.15, 0.2) is 0 Å². The van der Waals surface area contributed by atoms with Gasteiger partial charge >= 0.3 is 0 Å². The monoisotopic (exact) mass is 841 g/mol. The molecule has 0 aromatic carbocycles. The van der Waals surface area contributed by atoms with Crippen molar-refractivity contribution in [2.24, 2.45) is 0 Å². The van der Waals surface area contributed by atoms with Crippen LogP contribution >= 0.6 is 7.82 Å². The topological polar surface area (TPSA) is 108 Å². The standard InChI is InChI=1S/C49H97N2O6P/c1-6-8-10-12-14-16-18-20-21-22-23-24-25-26-27-28-29-31-32-34-36-38-40-42-48(52)47(46-57-58(54,55)56-45-44-51(3,4)5)50-49(53)43-41-39-37-35-33-30-19-17-15-13-11-9-7-2/h11,13,17,19,47-48,52H,6-10,12,14-16,18,20-46H2,1-5H3,(H-,50,53,54,55)/b13-11-,19-17-. The molecule has 0 radical (unpaired) electrons. The van der Waals surface area contributed by atoms with E-state index in [1.165, 1.54) is 135 Å². The molecule has 0 saturated heterocycles. The van der Waals surface area contributed by atoms with Crippen molar-refractivity contribution in [2.75, 3.05) is 40.9 Å². The van der Waals surface area contributed by atoms with Crippen LogP contribution in [-0.2, 0) is 18.4 Å². The van der Waals surface area contributed by atoms with Crippen molar-refractivity contribution in [1.29, 1.82) is 0 Å². The van der Waals surface area contributed by atoms with Crippen LogP contribution in [0.25, 0.3) is 0 Å². The Kier molecular flexibility index (Phi) is 40.6. The number of likely N-dealkylation sites (N-methyl/N-ethyl adjacent to an activating group) is 1. The number of phosphoric acid groups is 1. The Hall–Kier alpha value is -1.02. The van der Waals surface area contributed by atoms with Gasteiger partial charge in [0.1, 0.15) is 13.2 Å². The molecule has 3 atom stereocenters. The van der Waals surface area contributed by atoms with Crippen LogP contribution in [0.5, 0.6) is 0 Å². The summed E-state index contributed by atoms with van der Waals surface area (Å²) in [5.74, 6) is -0.178. The lowest BCUT2D eigenvalue weighted by atomic mass is 10.0. The Bertz CT molecular complexity index is 1000. The maximum absolute atomic E-state index is 12.9. The van der Waals surface area contributed by atoms with E-state index >= 15 is 0 Å². The highest BCUT2D eigenvalue weighted by molar-refractivity contribution is 7.45. The third-order valence-corrected chi connectivity index (χ3v) is 12.1. The van der Waals surface area contributed by atoms with Crippen LogP contribution in [0.2, 0.25) is 0 Å². The minimum atomic E-state index is -4.57. The number of hydrogen-bond acceptors (Lipinski definition) is 6. The number of allylic oxidation sites excluding steroid dienone is 4. The number of aliphatic hydroxyl groups excluding tert-OH is 1. The number of nitrogens with one attached hydrogen (secondary N) is 1. The van der Waals surface area contributed by atoms with E-state index in [2.05, 4.69) is 43.5 Å². The van der Waals surface area contributed by atoms with Crippen molar-refractivity contribution in [3.63, 3.8) is 0 Å². The van der Waals surface area contributed by atoms with E-state index in [1.807, 2.05) is 21.1 Å². The van der Waals surface area contributed by atoms with Crippen molar-refractivity contribution in [3.05, 3.63) is 24.3 Å². The lowest BCUT2D eigenvalue weighted by Crippen LogP contribution is -2.46. The molecule has 0 fully saturated rings. The van der Waals surface area contributed by atoms with Gasteiger partial charge in [-0.1, -0.05) is 212 Å². The maximum Gasteiger partial charge on any atom is 0.268 e. The molecule has 0 aliphatic rings. The largest absolute Gasteiger partial charge is 0.756 e. The number of rotatable bonds is 45. The number of aliphatic hydroxyl groups is 1. The Morgan fingerprint density at radius 2 is 1.03 bits per heavy atom. The highest BCUT2D eigenvalue weighted by Gasteiger charge is 2.24. The van der Waals surface area contributed by atoms with Crippen LogP contribution in [-0.4, -0.2) is 68.5 Å². The second-order valence-electron chi connectivity index (χ2n) is 18.2. The third kappa shape index (κ3) is 43.1. The molecule has 0 aromatic heterocycles. The fourth-order valence-corrected chi connectivity index (χ4v) is 7.98. The first kappa shape index (κ1) is 57.0. The van der Waals surface area contributed by atoms with Crippen LogP contribution in [0.1, 0.15) is 232 Å². The van der Waals surface area contributed by atoms with Gasteiger partial charge in [-0.25, -0.2) is 0 Å². The number of quaternary nitrogens is 1. The van der Waals surface area contributed by atoms with E-state index in [9.17, 15) is 19.4 Å². The normalized spacial score (nSPS) is 14.4. The first-order valence-corrected chi connectivity index (χ1v) is 26.1. The van der Waals surface area contributed by atoms with Gasteiger partial charge < -0.3 is 28.8 Å². The third-order valence-electron chi connectivity index (χ3n) is 11.2. The maximum atomic E-state index is 12.9. The Morgan fingerprint density at radius 3 is 1.50 bits per heavy atom. The molecule has 3 unspecified atom stereocenters. The number of hydrogen-bond donors (Lipinski definition) is 2. The first-order valence-electron chi connectivity index (χ1n) is 24.7. The zero-order valence-corrected chi connectivity index (χ0v) is 39.9. The predicted octanol–water partition coefficient (Wildman–Crippen LogP) is 13.5. The van der Waals surface area contributed by atoms with E-state index in [0.717, 1.165) is 70.6 Å². The van der Waals surface area contributed by atoms with E-state index < -0.39 is 20.0 Å². The Balaban J connectivity index is 4.21. The molecule has 8 nitrogen and oxygen atoms in total. The van der Waals surface area contributed by atoms with Crippen LogP contribution in [0.4, 0.5) is 0 Å². The summed E-state index contributed by atoms with van der Waals surface area (Å²) in [4.78, 5) is 25.4. The van der Waals surface area contributed by atoms with Crippen molar-refractivity contribution in [2.45, 2.75) is 244 Å². The van der Waals surface area contributed by atoms with Crippen molar-refractivity contribution >= 4 is 13.7 Å². The SMILES string of the molecule is CCC/C=C\C/C=C\CCCCCCCC(=O)NC(COP(=O)([O-])OCC[N+](C)(C)C)C(O)CCCCCCCCCCCCCCCCCCCCCCCCC. The molecule has 0 aliphatic carbocycles. The van der Waals surface area contributed by atoms with E-state index in [4.69, 9.17) is 9.05 Å². The van der Waals surface area contributed by atoms with E-state index in [1.54, 1.807) is 0 Å². The molecule has 0 heterocycles. The van der Waals surface area contributed by atoms with Crippen LogP contribution < -0.4 is 10.2 Å². The lowest BCUT2D eigenvalue weighted by Gasteiger charge is -2.30. The molecule has 0 spiro atoms. The first-order chi connectivity index (χ1) is 28.0. The predicted molar refractivity (Wildman–Crippen MR) is 247 cm³/mol. The average molecular weight is 841 g/mol. The van der Waals surface area contributed by atoms with Crippen LogP contribution in [0.15, 0.2) is 24.3 Å². The summed E-state index contributed by atoms with van der Waals surface area (Å²) < 4.78 is 23.3. The van der Waals surface area contributed by atoms with E-state index in [-0.39, 0.29) is 19.1 Å². The van der Waals surface area contributed by atoms with Crippen molar-refractivity contribution < 1.29 is 32.9 Å². The molecular formula is C49H97N2O6P. The molecule has 1 amide bonds. The van der Waals surface area contributed by atoms with Gasteiger partial charge in [0.25, 0.3) is 7.82 Å². The highest BCUT2D eigenvalue weighted by Crippen LogP contribution is 2.38. The summed E-state index contributed by atoms with van der Waals surface area (Å²) >= 11 is 0. The number of carbonyl (C=O) groups is 1. The Morgan fingerprint density at radius 1 is 0.603 bits per heavy atom. The fraction of sp³-hybridized carbons (Fsp3) is 0.898. The molecule has 58 heavy (non-hydrogen) atoms. The van der Waals surface area contributed by atoms with Crippen LogP contribution in [0, 0.1) is 0 Å². The molecule has 0 saturated carbocycles. The summed E-state index contributed by atoms with van der Waals surface area (Å²) in [6, 6.07) is -0.805. The van der Waals surface area contributed by atoms with Gasteiger partial charge in [-0.05, 0) is 38.5 Å². The van der Waals surface area contributed by atoms with E-state index in [0.29, 0.717) is 23.9 Å². The van der Waals surface area contributed by atoms with Gasteiger partial charge in [0.2, 0.25) is 5.91 Å². The molecule has 344 valence electrons. The van der Waals surface area contributed by atoms with Gasteiger partial charge in [-0.15, -0.1) is 0 Å². The number of carbonyl (C=O) groups excluding carboxylic acids is 1. The molecular weight excluding hydrogens is 744 g/mol. The molecule has 9 heteroatoms. The minimum Gasteiger partial charge on any atom is -0.756 e. The number of amides is 1. The average Bonchev–Trinajstić information content (AvgIpc) is 3.17. The molecule has 2 N–H and O–H groups in total. The van der Waals surface area contributed by atoms with Gasteiger partial charge in [0.05, 0.1) is 39.9 Å². The Labute approximate surface area is 360 Å². The summed E-state index contributed by atoms with van der Waals surface area (Å²) in [6.07, 6.45) is 49.1. The second kappa shape index (κ2) is 41.3. The zero-order valence-electron chi connectivity index (χ0n) is 39.0. The minimum absolute atomic E-state index is 0.00996. The summed E-state index contributed by atoms with van der Waals surface area (Å²) in [5.41, 5.74) is 0.